The van der Waals surface area contributed by atoms with E-state index >= 15 is 0 Å². The van der Waals surface area contributed by atoms with Crippen molar-refractivity contribution in [3.05, 3.63) is 46.2 Å². The second-order valence-corrected chi connectivity index (χ2v) is 6.04. The van der Waals surface area contributed by atoms with Crippen LogP contribution in [0.25, 0.3) is 0 Å². The fourth-order valence-corrected chi connectivity index (χ4v) is 2.91. The number of oxime groups is 1. The van der Waals surface area contributed by atoms with Crippen LogP contribution in [0.15, 0.2) is 40.8 Å². The van der Waals surface area contributed by atoms with Gasteiger partial charge in [0.2, 0.25) is 0 Å². The molecule has 2 rings (SSSR count). The predicted octanol–water partition coefficient (Wildman–Crippen LogP) is 4.79. The Morgan fingerprint density at radius 2 is 2.00 bits per heavy atom. The molecule has 1 unspecified atom stereocenters. The van der Waals surface area contributed by atoms with Crippen molar-refractivity contribution in [3.8, 4) is 0 Å². The van der Waals surface area contributed by atoms with Crippen LogP contribution in [0, 0.1) is 0 Å². The van der Waals surface area contributed by atoms with Gasteiger partial charge < -0.3 is 9.94 Å². The van der Waals surface area contributed by atoms with Gasteiger partial charge in [-0.25, -0.2) is 0 Å². The first-order valence-corrected chi connectivity index (χ1v) is 8.34. The minimum atomic E-state index is -0.0828. The molecule has 124 valence electrons. The molecule has 1 N–H and O–H groups in total. The molecular weight excluding hydrogens is 314 g/mol. The summed E-state index contributed by atoms with van der Waals surface area (Å²) in [4.78, 5) is 17.7. The van der Waals surface area contributed by atoms with Crippen LogP contribution < -0.4 is 0 Å². The minimum Gasteiger partial charge on any atom is -0.511 e. The van der Waals surface area contributed by atoms with Gasteiger partial charge in [0.15, 0.2) is 5.78 Å². The number of hydrogen-bond acceptors (Lipinski definition) is 4. The second-order valence-electron chi connectivity index (χ2n) is 5.61. The molecule has 1 aliphatic carbocycles. The SMILES string of the molecule is CCCC(=NOCC)C1=C(O)CC(c2ccc(Cl)cc2)CC1=O. The number of Topliss-reactive ketones (excluding diaryl/α,β-unsaturated/α-hetero) is 1. The predicted molar refractivity (Wildman–Crippen MR) is 92.1 cm³/mol. The topological polar surface area (TPSA) is 58.9 Å². The van der Waals surface area contributed by atoms with Gasteiger partial charge in [-0.2, -0.15) is 0 Å². The summed E-state index contributed by atoms with van der Waals surface area (Å²) in [6.07, 6.45) is 2.22. The Labute approximate surface area is 141 Å². The van der Waals surface area contributed by atoms with E-state index in [1.165, 1.54) is 0 Å². The maximum Gasteiger partial charge on any atom is 0.168 e. The van der Waals surface area contributed by atoms with Crippen LogP contribution in [0.1, 0.15) is 51.0 Å². The number of allylic oxidation sites excluding steroid dienone is 2. The standard InChI is InChI=1S/C18H22ClNO3/c1-3-5-15(20-23-4-2)18-16(21)10-13(11-17(18)22)12-6-8-14(19)9-7-12/h6-9,13,21H,3-5,10-11H2,1-2H3. The molecule has 0 fully saturated rings. The number of carbonyl (C=O) groups is 1. The number of aliphatic hydroxyl groups excluding tert-OH is 1. The molecule has 0 aromatic heterocycles. The molecule has 0 amide bonds. The molecule has 0 aliphatic heterocycles. The van der Waals surface area contributed by atoms with E-state index in [1.807, 2.05) is 26.0 Å². The van der Waals surface area contributed by atoms with E-state index < -0.39 is 0 Å². The van der Waals surface area contributed by atoms with Crippen molar-refractivity contribution in [3.63, 3.8) is 0 Å². The summed E-state index contributed by atoms with van der Waals surface area (Å²) >= 11 is 5.90. The van der Waals surface area contributed by atoms with E-state index in [4.69, 9.17) is 16.4 Å². The van der Waals surface area contributed by atoms with Crippen molar-refractivity contribution in [2.45, 2.75) is 45.4 Å². The molecule has 4 nitrogen and oxygen atoms in total. The Morgan fingerprint density at radius 3 is 2.57 bits per heavy atom. The fourth-order valence-electron chi connectivity index (χ4n) is 2.79. The third-order valence-corrected chi connectivity index (χ3v) is 4.11. The highest BCUT2D eigenvalue weighted by atomic mass is 35.5. The van der Waals surface area contributed by atoms with E-state index in [0.29, 0.717) is 42.2 Å². The summed E-state index contributed by atoms with van der Waals surface area (Å²) in [5.74, 6) is -0.00723. The zero-order valence-electron chi connectivity index (χ0n) is 13.5. The number of nitrogens with zero attached hydrogens (tertiary/aromatic N) is 1. The van der Waals surface area contributed by atoms with Gasteiger partial charge in [0, 0.05) is 17.9 Å². The fraction of sp³-hybridized carbons (Fsp3) is 0.444. The van der Waals surface area contributed by atoms with Gasteiger partial charge in [0.05, 0.1) is 11.3 Å². The van der Waals surface area contributed by atoms with E-state index in [0.717, 1.165) is 12.0 Å². The maximum absolute atomic E-state index is 12.6. The number of carbonyl (C=O) groups excluding carboxylic acids is 1. The molecule has 1 aromatic carbocycles. The number of benzene rings is 1. The third kappa shape index (κ3) is 4.35. The van der Waals surface area contributed by atoms with Gasteiger partial charge in [0.25, 0.3) is 0 Å². The van der Waals surface area contributed by atoms with Gasteiger partial charge >= 0.3 is 0 Å². The first kappa shape index (κ1) is 17.5. The number of aliphatic hydroxyl groups is 1. The first-order valence-electron chi connectivity index (χ1n) is 7.96. The Bertz CT molecular complexity index is 620. The van der Waals surface area contributed by atoms with Gasteiger partial charge in [-0.15, -0.1) is 0 Å². The molecule has 0 spiro atoms. The summed E-state index contributed by atoms with van der Waals surface area (Å²) < 4.78 is 0. The highest BCUT2D eigenvalue weighted by Gasteiger charge is 2.31. The molecule has 5 heteroatoms. The lowest BCUT2D eigenvalue weighted by Gasteiger charge is -2.24. The Morgan fingerprint density at radius 1 is 1.30 bits per heavy atom. The van der Waals surface area contributed by atoms with E-state index in [2.05, 4.69) is 5.16 Å². The summed E-state index contributed by atoms with van der Waals surface area (Å²) in [5, 5.41) is 15.1. The molecule has 0 heterocycles. The number of hydrogen-bond donors (Lipinski definition) is 1. The zero-order chi connectivity index (χ0) is 16.8. The largest absolute Gasteiger partial charge is 0.511 e. The van der Waals surface area contributed by atoms with Crippen LogP contribution in [0.5, 0.6) is 0 Å². The molecule has 1 aliphatic rings. The number of halogens is 1. The smallest absolute Gasteiger partial charge is 0.168 e. The van der Waals surface area contributed by atoms with Crippen molar-refractivity contribution in [2.75, 3.05) is 6.61 Å². The molecule has 0 saturated carbocycles. The van der Waals surface area contributed by atoms with E-state index in [1.54, 1.807) is 12.1 Å². The number of ketones is 1. The van der Waals surface area contributed by atoms with Crippen LogP contribution in [0.2, 0.25) is 5.02 Å². The lowest BCUT2D eigenvalue weighted by molar-refractivity contribution is -0.116. The van der Waals surface area contributed by atoms with E-state index in [9.17, 15) is 9.90 Å². The summed E-state index contributed by atoms with van der Waals surface area (Å²) in [6.45, 7) is 4.27. The molecule has 1 atom stereocenters. The van der Waals surface area contributed by atoms with Crippen molar-refractivity contribution >= 4 is 23.1 Å². The normalized spacial score (nSPS) is 19.2. The monoisotopic (exact) mass is 335 g/mol. The third-order valence-electron chi connectivity index (χ3n) is 3.86. The average molecular weight is 336 g/mol. The summed E-state index contributed by atoms with van der Waals surface area (Å²) in [5.41, 5.74) is 1.89. The lowest BCUT2D eigenvalue weighted by Crippen LogP contribution is -2.24. The molecule has 0 bridgehead atoms. The maximum atomic E-state index is 12.6. The first-order chi connectivity index (χ1) is 11.1. The molecule has 23 heavy (non-hydrogen) atoms. The Hall–Kier alpha value is -1.81. The highest BCUT2D eigenvalue weighted by molar-refractivity contribution is 6.30. The average Bonchev–Trinajstić information content (AvgIpc) is 2.52. The quantitative estimate of drug-likeness (QED) is 0.600. The van der Waals surface area contributed by atoms with Gasteiger partial charge in [-0.05, 0) is 37.0 Å². The van der Waals surface area contributed by atoms with Crippen molar-refractivity contribution in [1.29, 1.82) is 0 Å². The molecule has 1 aromatic rings. The number of rotatable bonds is 6. The van der Waals surface area contributed by atoms with Gasteiger partial charge in [-0.1, -0.05) is 42.2 Å². The van der Waals surface area contributed by atoms with Crippen LogP contribution in [0.3, 0.4) is 0 Å². The zero-order valence-corrected chi connectivity index (χ0v) is 14.3. The van der Waals surface area contributed by atoms with Crippen LogP contribution in [-0.2, 0) is 9.63 Å². The molecule has 0 saturated heterocycles. The molecule has 0 radical (unpaired) electrons. The van der Waals surface area contributed by atoms with Crippen LogP contribution >= 0.6 is 11.6 Å². The Balaban J connectivity index is 2.27. The van der Waals surface area contributed by atoms with Crippen LogP contribution in [0.4, 0.5) is 0 Å². The van der Waals surface area contributed by atoms with Gasteiger partial charge in [-0.3, -0.25) is 4.79 Å². The second kappa shape index (κ2) is 8.16. The van der Waals surface area contributed by atoms with E-state index in [-0.39, 0.29) is 17.5 Å². The Kier molecular flexibility index (Phi) is 6.22. The van der Waals surface area contributed by atoms with Gasteiger partial charge in [0.1, 0.15) is 12.4 Å². The van der Waals surface area contributed by atoms with Crippen molar-refractivity contribution in [2.24, 2.45) is 5.16 Å². The van der Waals surface area contributed by atoms with Crippen LogP contribution in [-0.4, -0.2) is 23.2 Å². The summed E-state index contributed by atoms with van der Waals surface area (Å²) in [7, 11) is 0. The minimum absolute atomic E-state index is 0.0292. The molecular formula is C18H22ClNO3. The van der Waals surface area contributed by atoms with Crippen molar-refractivity contribution < 1.29 is 14.7 Å². The lowest BCUT2D eigenvalue weighted by atomic mass is 9.81. The summed E-state index contributed by atoms with van der Waals surface area (Å²) in [6, 6.07) is 7.41. The highest BCUT2D eigenvalue weighted by Crippen LogP contribution is 2.35. The van der Waals surface area contributed by atoms with Crippen molar-refractivity contribution in [1.82, 2.24) is 0 Å².